The van der Waals surface area contributed by atoms with Crippen molar-refractivity contribution in [3.63, 3.8) is 0 Å². The van der Waals surface area contributed by atoms with E-state index >= 15 is 0 Å². The van der Waals surface area contributed by atoms with Crippen molar-refractivity contribution in [1.29, 1.82) is 0 Å². The Bertz CT molecular complexity index is 711. The van der Waals surface area contributed by atoms with Crippen LogP contribution in [0.4, 0.5) is 0 Å². The van der Waals surface area contributed by atoms with Gasteiger partial charge in [-0.05, 0) is 37.8 Å². The lowest BCUT2D eigenvalue weighted by Gasteiger charge is -2.38. The first-order valence-electron chi connectivity index (χ1n) is 7.06. The molecule has 1 aliphatic rings. The maximum absolute atomic E-state index is 11.4. The van der Waals surface area contributed by atoms with Crippen LogP contribution in [0.1, 0.15) is 30.5 Å². The highest BCUT2D eigenvalue weighted by atomic mass is 35.5. The third-order valence-electron chi connectivity index (χ3n) is 4.36. The molecule has 3 rings (SSSR count). The van der Waals surface area contributed by atoms with Crippen LogP contribution in [0.5, 0.6) is 0 Å². The average molecular weight is 305 g/mol. The van der Waals surface area contributed by atoms with Gasteiger partial charge in [-0.25, -0.2) is 4.98 Å². The van der Waals surface area contributed by atoms with E-state index in [4.69, 9.17) is 11.6 Å². The number of aromatic nitrogens is 1. The lowest BCUT2D eigenvalue weighted by atomic mass is 9.77. The van der Waals surface area contributed by atoms with Crippen molar-refractivity contribution in [1.82, 2.24) is 10.3 Å². The monoisotopic (exact) mass is 304 g/mol. The second-order valence-corrected chi connectivity index (χ2v) is 5.99. The van der Waals surface area contributed by atoms with Gasteiger partial charge in [-0.3, -0.25) is 10.1 Å². The molecular weight excluding hydrogens is 288 g/mol. The number of rotatable bonds is 4. The van der Waals surface area contributed by atoms with Crippen LogP contribution in [0.2, 0.25) is 5.02 Å². The first kappa shape index (κ1) is 14.3. The Balaban J connectivity index is 1.91. The topological polar surface area (TPSA) is 62.2 Å². The minimum absolute atomic E-state index is 0.372. The number of aliphatic carboxylic acids is 1. The molecule has 0 aliphatic heterocycles. The van der Waals surface area contributed by atoms with Gasteiger partial charge >= 0.3 is 5.97 Å². The van der Waals surface area contributed by atoms with Crippen molar-refractivity contribution >= 4 is 28.5 Å². The maximum atomic E-state index is 11.4. The predicted molar refractivity (Wildman–Crippen MR) is 82.5 cm³/mol. The van der Waals surface area contributed by atoms with Crippen LogP contribution in [0.15, 0.2) is 24.3 Å². The molecule has 1 heterocycles. The number of carboxylic acids is 1. The van der Waals surface area contributed by atoms with Crippen LogP contribution in [0.25, 0.3) is 10.9 Å². The molecule has 1 aromatic carbocycles. The fourth-order valence-corrected chi connectivity index (χ4v) is 2.99. The van der Waals surface area contributed by atoms with E-state index in [1.54, 1.807) is 0 Å². The first-order chi connectivity index (χ1) is 10.0. The van der Waals surface area contributed by atoms with Crippen LogP contribution in [0, 0.1) is 6.92 Å². The number of nitrogens with one attached hydrogen (secondary N) is 1. The molecule has 1 aromatic heterocycles. The van der Waals surface area contributed by atoms with Gasteiger partial charge in [0.1, 0.15) is 5.54 Å². The van der Waals surface area contributed by atoms with Gasteiger partial charge in [-0.15, -0.1) is 0 Å². The Kier molecular flexibility index (Phi) is 3.59. The van der Waals surface area contributed by atoms with Gasteiger partial charge in [0.25, 0.3) is 0 Å². The highest BCUT2D eigenvalue weighted by Gasteiger charge is 2.44. The second-order valence-electron chi connectivity index (χ2n) is 5.61. The number of carbonyl (C=O) groups is 1. The van der Waals surface area contributed by atoms with Gasteiger partial charge in [0, 0.05) is 11.9 Å². The number of hydrogen-bond acceptors (Lipinski definition) is 3. The van der Waals surface area contributed by atoms with Crippen molar-refractivity contribution < 1.29 is 9.90 Å². The van der Waals surface area contributed by atoms with Crippen LogP contribution in [-0.2, 0) is 11.3 Å². The Morgan fingerprint density at radius 2 is 2.14 bits per heavy atom. The van der Waals surface area contributed by atoms with Crippen LogP contribution in [-0.4, -0.2) is 21.6 Å². The van der Waals surface area contributed by atoms with Crippen molar-refractivity contribution in [3.8, 4) is 0 Å². The Morgan fingerprint density at radius 1 is 1.43 bits per heavy atom. The molecular formula is C16H17ClN2O2. The number of hydrogen-bond donors (Lipinski definition) is 2. The third kappa shape index (κ3) is 2.39. The zero-order valence-electron chi connectivity index (χ0n) is 11.8. The second kappa shape index (κ2) is 5.28. The minimum atomic E-state index is -0.801. The molecule has 1 aliphatic carbocycles. The summed E-state index contributed by atoms with van der Waals surface area (Å²) >= 11 is 6.39. The van der Waals surface area contributed by atoms with E-state index in [-0.39, 0.29) is 0 Å². The smallest absolute Gasteiger partial charge is 0.323 e. The summed E-state index contributed by atoms with van der Waals surface area (Å²) in [6, 6.07) is 7.83. The molecule has 0 bridgehead atoms. The van der Waals surface area contributed by atoms with Crippen LogP contribution >= 0.6 is 11.6 Å². The number of aryl methyl sites for hydroxylation is 1. The van der Waals surface area contributed by atoms with Gasteiger partial charge in [0.05, 0.1) is 16.2 Å². The molecule has 0 amide bonds. The highest BCUT2D eigenvalue weighted by Crippen LogP contribution is 2.33. The maximum Gasteiger partial charge on any atom is 0.323 e. The third-order valence-corrected chi connectivity index (χ3v) is 4.86. The van der Waals surface area contributed by atoms with E-state index in [2.05, 4.69) is 10.3 Å². The summed E-state index contributed by atoms with van der Waals surface area (Å²) < 4.78 is 0. The zero-order valence-corrected chi connectivity index (χ0v) is 12.6. The largest absolute Gasteiger partial charge is 0.480 e. The molecule has 1 fully saturated rings. The van der Waals surface area contributed by atoms with E-state index in [0.717, 1.165) is 22.9 Å². The van der Waals surface area contributed by atoms with E-state index in [1.165, 1.54) is 0 Å². The van der Waals surface area contributed by atoms with Crippen molar-refractivity contribution in [2.75, 3.05) is 0 Å². The predicted octanol–water partition coefficient (Wildman–Crippen LogP) is 3.29. The Morgan fingerprint density at radius 3 is 2.76 bits per heavy atom. The molecule has 4 nitrogen and oxygen atoms in total. The van der Waals surface area contributed by atoms with E-state index in [1.807, 2.05) is 31.2 Å². The van der Waals surface area contributed by atoms with Crippen molar-refractivity contribution in [2.24, 2.45) is 0 Å². The molecule has 5 heteroatoms. The Hall–Kier alpha value is -1.65. The fourth-order valence-electron chi connectivity index (χ4n) is 2.78. The van der Waals surface area contributed by atoms with Gasteiger partial charge in [0.15, 0.2) is 0 Å². The Labute approximate surface area is 128 Å². The summed E-state index contributed by atoms with van der Waals surface area (Å²) in [6.45, 7) is 2.34. The van der Waals surface area contributed by atoms with Gasteiger partial charge in [-0.1, -0.05) is 29.8 Å². The van der Waals surface area contributed by atoms with Gasteiger partial charge < -0.3 is 5.11 Å². The summed E-state index contributed by atoms with van der Waals surface area (Å²) in [5, 5.41) is 14.1. The molecule has 1 saturated carbocycles. The fraction of sp³-hybridized carbons (Fsp3) is 0.375. The first-order valence-corrected chi connectivity index (χ1v) is 7.43. The number of pyridine rings is 1. The molecule has 0 saturated heterocycles. The van der Waals surface area contributed by atoms with Crippen LogP contribution in [0.3, 0.4) is 0 Å². The van der Waals surface area contributed by atoms with Crippen LogP contribution < -0.4 is 5.32 Å². The SMILES string of the molecule is Cc1c(Cl)c(CNC2(C(=O)O)CCC2)nc2ccccc12. The lowest BCUT2D eigenvalue weighted by Crippen LogP contribution is -2.56. The molecule has 0 unspecified atom stereocenters. The summed E-state index contributed by atoms with van der Waals surface area (Å²) in [7, 11) is 0. The van der Waals surface area contributed by atoms with Gasteiger partial charge in [-0.2, -0.15) is 0 Å². The quantitative estimate of drug-likeness (QED) is 0.910. The van der Waals surface area contributed by atoms with E-state index in [9.17, 15) is 9.90 Å². The molecule has 0 atom stereocenters. The number of benzene rings is 1. The van der Waals surface area contributed by atoms with Crippen molar-refractivity contribution in [2.45, 2.75) is 38.3 Å². The summed E-state index contributed by atoms with van der Waals surface area (Å²) in [5.41, 5.74) is 1.77. The number of nitrogens with zero attached hydrogens (tertiary/aromatic N) is 1. The number of carboxylic acid groups (broad SMARTS) is 1. The van der Waals surface area contributed by atoms with E-state index < -0.39 is 11.5 Å². The normalized spacial score (nSPS) is 16.7. The standard InChI is InChI=1S/C16H17ClN2O2/c1-10-11-5-2-3-6-12(11)19-13(14(10)17)9-18-16(15(20)21)7-4-8-16/h2-3,5-6,18H,4,7-9H2,1H3,(H,20,21). The number of fused-ring (bicyclic) bond motifs is 1. The van der Waals surface area contributed by atoms with Crippen molar-refractivity contribution in [3.05, 3.63) is 40.5 Å². The summed E-state index contributed by atoms with van der Waals surface area (Å²) in [5.74, 6) is -0.789. The van der Waals surface area contributed by atoms with Gasteiger partial charge in [0.2, 0.25) is 0 Å². The average Bonchev–Trinajstić information content (AvgIpc) is 2.42. The lowest BCUT2D eigenvalue weighted by molar-refractivity contribution is -0.148. The molecule has 110 valence electrons. The molecule has 0 radical (unpaired) electrons. The zero-order chi connectivity index (χ0) is 15.0. The molecule has 2 N–H and O–H groups in total. The molecule has 2 aromatic rings. The number of para-hydroxylation sites is 1. The number of halogens is 1. The summed E-state index contributed by atoms with van der Waals surface area (Å²) in [6.07, 6.45) is 2.26. The summed E-state index contributed by atoms with van der Waals surface area (Å²) in [4.78, 5) is 15.9. The minimum Gasteiger partial charge on any atom is -0.480 e. The van der Waals surface area contributed by atoms with E-state index in [0.29, 0.717) is 30.1 Å². The molecule has 0 spiro atoms. The highest BCUT2D eigenvalue weighted by molar-refractivity contribution is 6.32. The molecule has 21 heavy (non-hydrogen) atoms.